The number of aliphatic hydroxyl groups excluding tert-OH is 1. The molecule has 4 aliphatic carbocycles. The van der Waals surface area contributed by atoms with E-state index in [0.717, 1.165) is 56.6 Å². The van der Waals surface area contributed by atoms with Gasteiger partial charge < -0.3 is 19.1 Å². The summed E-state index contributed by atoms with van der Waals surface area (Å²) in [7, 11) is 0. The number of morpholine rings is 1. The second kappa shape index (κ2) is 10.2. The quantitative estimate of drug-likeness (QED) is 0.325. The zero-order valence-corrected chi connectivity index (χ0v) is 24.3. The van der Waals surface area contributed by atoms with Crippen molar-refractivity contribution in [3.8, 4) is 0 Å². The number of rotatable bonds is 5. The molecule has 6 heteroatoms. The third-order valence-corrected chi connectivity index (χ3v) is 13.1. The van der Waals surface area contributed by atoms with Crippen molar-refractivity contribution in [3.63, 3.8) is 0 Å². The largest absolute Gasteiger partial charge is 0.456 e. The highest BCUT2D eigenvalue weighted by atomic mass is 16.5. The van der Waals surface area contributed by atoms with E-state index in [0.29, 0.717) is 29.7 Å². The standard InChI is InChI=1S/C32H53N2O4/c1-5-14-34(15-6-7-16-34)28-20-26-24-9-8-23-19-29(36)27(33-12-17-37-18-13-33)21-32(23,4)25(24)10-11-31(26,3)30(28)38-22(2)35/h5,23-30,36H,1,6-21H2,2-4H3/q+1/t23-,24+,25-,26-,27-,28-,29-,30-,31+,32+/m0/s1. The Kier molecular flexibility index (Phi) is 7.27. The van der Waals surface area contributed by atoms with Crippen LogP contribution in [0.2, 0.25) is 0 Å². The van der Waals surface area contributed by atoms with Crippen LogP contribution in [-0.4, -0.2) is 90.7 Å². The van der Waals surface area contributed by atoms with Crippen molar-refractivity contribution in [2.45, 2.75) is 103 Å². The van der Waals surface area contributed by atoms with Crippen molar-refractivity contribution < 1.29 is 23.9 Å². The molecule has 0 aromatic heterocycles. The Morgan fingerprint density at radius 1 is 1.11 bits per heavy atom. The molecule has 6 aliphatic rings. The third-order valence-electron chi connectivity index (χ3n) is 13.1. The Hall–Kier alpha value is -0.950. The van der Waals surface area contributed by atoms with Crippen molar-refractivity contribution in [3.05, 3.63) is 12.7 Å². The number of nitrogens with zero attached hydrogens (tertiary/aromatic N) is 2. The summed E-state index contributed by atoms with van der Waals surface area (Å²) in [6, 6.07) is 0.663. The van der Waals surface area contributed by atoms with Gasteiger partial charge in [0.15, 0.2) is 6.10 Å². The van der Waals surface area contributed by atoms with Crippen LogP contribution in [0.1, 0.15) is 78.6 Å². The Bertz CT molecular complexity index is 898. The summed E-state index contributed by atoms with van der Waals surface area (Å²) in [5.41, 5.74) is 0.343. The van der Waals surface area contributed by atoms with Gasteiger partial charge in [0.2, 0.25) is 0 Å². The number of aliphatic hydroxyl groups is 1. The Morgan fingerprint density at radius 2 is 1.84 bits per heavy atom. The highest BCUT2D eigenvalue weighted by molar-refractivity contribution is 5.66. The molecule has 0 aromatic rings. The van der Waals surface area contributed by atoms with E-state index in [-0.39, 0.29) is 35.0 Å². The number of hydrogen-bond acceptors (Lipinski definition) is 5. The molecule has 0 bridgehead atoms. The zero-order chi connectivity index (χ0) is 26.7. The van der Waals surface area contributed by atoms with Crippen molar-refractivity contribution in [1.82, 2.24) is 4.90 Å². The lowest BCUT2D eigenvalue weighted by atomic mass is 9.44. The van der Waals surface area contributed by atoms with Gasteiger partial charge in [0, 0.05) is 50.7 Å². The van der Waals surface area contributed by atoms with Gasteiger partial charge in [-0.05, 0) is 73.7 Å². The maximum atomic E-state index is 12.5. The first-order chi connectivity index (χ1) is 18.2. The van der Waals surface area contributed by atoms with Crippen LogP contribution < -0.4 is 0 Å². The van der Waals surface area contributed by atoms with Crippen molar-refractivity contribution in [2.75, 3.05) is 45.9 Å². The lowest BCUT2D eigenvalue weighted by Crippen LogP contribution is -2.61. The SMILES string of the molecule is C=CC[N+]1([C@H]2C[C@H]3[C@@H]4CC[C@H]5C[C@H](O)[C@@H](N6CCOCC6)C[C@@]5(C)[C@H]4CC[C@@]3(C)[C@H]2OC(C)=O)CCCC1. The van der Waals surface area contributed by atoms with Crippen LogP contribution in [0.3, 0.4) is 0 Å². The normalized spacial score (nSPS) is 48.5. The topological polar surface area (TPSA) is 59.0 Å². The fourth-order valence-electron chi connectivity index (χ4n) is 11.3. The molecule has 2 aliphatic heterocycles. The molecule has 4 saturated carbocycles. The van der Waals surface area contributed by atoms with Gasteiger partial charge in [-0.25, -0.2) is 0 Å². The van der Waals surface area contributed by atoms with Crippen LogP contribution >= 0.6 is 0 Å². The number of hydrogen-bond donors (Lipinski definition) is 1. The lowest BCUT2D eigenvalue weighted by Gasteiger charge is -2.62. The van der Waals surface area contributed by atoms with Crippen LogP contribution in [-0.2, 0) is 14.3 Å². The molecule has 1 N–H and O–H groups in total. The number of likely N-dealkylation sites (tertiary alicyclic amines) is 1. The second-order valence-corrected chi connectivity index (χ2v) is 14.6. The maximum absolute atomic E-state index is 12.5. The minimum Gasteiger partial charge on any atom is -0.456 e. The fraction of sp³-hybridized carbons (Fsp3) is 0.906. The average Bonchev–Trinajstić information content (AvgIpc) is 3.48. The number of carbonyl (C=O) groups excluding carboxylic acids is 1. The van der Waals surface area contributed by atoms with Gasteiger partial charge in [-0.15, -0.1) is 0 Å². The van der Waals surface area contributed by atoms with E-state index in [9.17, 15) is 9.90 Å². The first-order valence-corrected chi connectivity index (χ1v) is 15.9. The second-order valence-electron chi connectivity index (χ2n) is 14.6. The van der Waals surface area contributed by atoms with Crippen LogP contribution in [0.15, 0.2) is 12.7 Å². The molecule has 2 heterocycles. The summed E-state index contributed by atoms with van der Waals surface area (Å²) in [5.74, 6) is 2.54. The van der Waals surface area contributed by atoms with Crippen LogP contribution in [0.25, 0.3) is 0 Å². The molecule has 2 saturated heterocycles. The van der Waals surface area contributed by atoms with E-state index in [1.165, 1.54) is 51.6 Å². The van der Waals surface area contributed by atoms with Gasteiger partial charge in [-0.1, -0.05) is 20.4 Å². The van der Waals surface area contributed by atoms with Gasteiger partial charge in [0.05, 0.1) is 39.0 Å². The number of esters is 1. The molecule has 0 aromatic carbocycles. The molecule has 10 atom stereocenters. The number of quaternary nitrogens is 1. The van der Waals surface area contributed by atoms with Crippen molar-refractivity contribution in [2.24, 2.45) is 34.5 Å². The van der Waals surface area contributed by atoms with Gasteiger partial charge in [0.1, 0.15) is 6.04 Å². The predicted octanol–water partition coefficient (Wildman–Crippen LogP) is 4.41. The minimum absolute atomic E-state index is 0.0174. The van der Waals surface area contributed by atoms with Gasteiger partial charge >= 0.3 is 5.97 Å². The van der Waals surface area contributed by atoms with Crippen LogP contribution in [0.5, 0.6) is 0 Å². The lowest BCUT2D eigenvalue weighted by molar-refractivity contribution is -0.937. The molecule has 0 amide bonds. The van der Waals surface area contributed by atoms with Crippen LogP contribution in [0.4, 0.5) is 0 Å². The van der Waals surface area contributed by atoms with E-state index >= 15 is 0 Å². The smallest absolute Gasteiger partial charge is 0.303 e. The third kappa shape index (κ3) is 4.23. The van der Waals surface area contributed by atoms with E-state index < -0.39 is 0 Å². The van der Waals surface area contributed by atoms with E-state index in [1.807, 2.05) is 0 Å². The molecular weight excluding hydrogens is 476 g/mol. The molecular formula is C32H53N2O4+. The van der Waals surface area contributed by atoms with Gasteiger partial charge in [0.25, 0.3) is 0 Å². The molecule has 6 fully saturated rings. The molecule has 0 radical (unpaired) electrons. The van der Waals surface area contributed by atoms with E-state index in [2.05, 4.69) is 31.4 Å². The number of fused-ring (bicyclic) bond motifs is 5. The summed E-state index contributed by atoms with van der Waals surface area (Å²) < 4.78 is 13.1. The van der Waals surface area contributed by atoms with E-state index in [4.69, 9.17) is 9.47 Å². The molecule has 0 spiro atoms. The van der Waals surface area contributed by atoms with Crippen molar-refractivity contribution >= 4 is 5.97 Å². The summed E-state index contributed by atoms with van der Waals surface area (Å²) in [5, 5.41) is 11.3. The number of ether oxygens (including phenoxy) is 2. The van der Waals surface area contributed by atoms with Crippen LogP contribution in [0, 0.1) is 34.5 Å². The van der Waals surface area contributed by atoms with Gasteiger partial charge in [-0.3, -0.25) is 9.69 Å². The van der Waals surface area contributed by atoms with Gasteiger partial charge in [-0.2, -0.15) is 0 Å². The first kappa shape index (κ1) is 27.2. The number of carbonyl (C=O) groups is 1. The highest BCUT2D eigenvalue weighted by Crippen LogP contribution is 2.67. The Balaban J connectivity index is 1.30. The Morgan fingerprint density at radius 3 is 2.53 bits per heavy atom. The average molecular weight is 530 g/mol. The maximum Gasteiger partial charge on any atom is 0.303 e. The molecule has 38 heavy (non-hydrogen) atoms. The van der Waals surface area contributed by atoms with Crippen molar-refractivity contribution in [1.29, 1.82) is 0 Å². The Labute approximate surface area is 230 Å². The first-order valence-electron chi connectivity index (χ1n) is 15.9. The molecule has 6 rings (SSSR count). The summed E-state index contributed by atoms with van der Waals surface area (Å²) in [6.07, 6.45) is 12.7. The molecule has 0 unspecified atom stereocenters. The fourth-order valence-corrected chi connectivity index (χ4v) is 11.3. The molecule has 214 valence electrons. The predicted molar refractivity (Wildman–Crippen MR) is 148 cm³/mol. The zero-order valence-electron chi connectivity index (χ0n) is 24.3. The summed E-state index contributed by atoms with van der Waals surface area (Å²) >= 11 is 0. The minimum atomic E-state index is -0.209. The molecule has 6 nitrogen and oxygen atoms in total. The summed E-state index contributed by atoms with van der Waals surface area (Å²) in [6.45, 7) is 17.7. The summed E-state index contributed by atoms with van der Waals surface area (Å²) in [4.78, 5) is 15.0. The highest BCUT2D eigenvalue weighted by Gasteiger charge is 2.67. The monoisotopic (exact) mass is 529 g/mol. The van der Waals surface area contributed by atoms with E-state index in [1.54, 1.807) is 6.92 Å².